The summed E-state index contributed by atoms with van der Waals surface area (Å²) >= 11 is 0. The molecular weight excluding hydrogens is 208 g/mol. The topological polar surface area (TPSA) is 29.3 Å². The Bertz CT molecular complexity index is 503. The third-order valence-corrected chi connectivity index (χ3v) is 3.12. The summed E-state index contributed by atoms with van der Waals surface area (Å²) in [6.45, 7) is 0.754. The molecule has 0 amide bonds. The van der Waals surface area contributed by atoms with Gasteiger partial charge in [-0.15, -0.1) is 0 Å². The Hall–Kier alpha value is -1.54. The maximum atomic E-state index is 5.59. The quantitative estimate of drug-likeness (QED) is 0.872. The highest BCUT2D eigenvalue weighted by atomic mass is 15.1. The SMILES string of the molecule is CN(C)c1ccc(CCCN)c2ccccc12. The Labute approximate surface area is 103 Å². The first-order valence-corrected chi connectivity index (χ1v) is 6.12. The fraction of sp³-hybridized carbons (Fsp3) is 0.333. The normalized spacial score (nSPS) is 10.8. The van der Waals surface area contributed by atoms with Crippen molar-refractivity contribution < 1.29 is 0 Å². The van der Waals surface area contributed by atoms with Crippen molar-refractivity contribution >= 4 is 16.5 Å². The maximum Gasteiger partial charge on any atom is 0.0440 e. The van der Waals surface area contributed by atoms with Crippen LogP contribution in [0.2, 0.25) is 0 Å². The minimum atomic E-state index is 0.754. The van der Waals surface area contributed by atoms with E-state index in [1.54, 1.807) is 0 Å². The van der Waals surface area contributed by atoms with Crippen LogP contribution in [0.5, 0.6) is 0 Å². The largest absolute Gasteiger partial charge is 0.377 e. The summed E-state index contributed by atoms with van der Waals surface area (Å²) < 4.78 is 0. The first-order chi connectivity index (χ1) is 8.24. The average Bonchev–Trinajstić information content (AvgIpc) is 2.35. The minimum absolute atomic E-state index is 0.754. The molecule has 2 rings (SSSR count). The van der Waals surface area contributed by atoms with E-state index in [4.69, 9.17) is 5.73 Å². The molecule has 0 heterocycles. The van der Waals surface area contributed by atoms with Gasteiger partial charge in [-0.05, 0) is 36.4 Å². The lowest BCUT2D eigenvalue weighted by Crippen LogP contribution is -2.09. The average molecular weight is 228 g/mol. The van der Waals surface area contributed by atoms with E-state index in [0.717, 1.165) is 19.4 Å². The maximum absolute atomic E-state index is 5.59. The molecule has 2 aromatic carbocycles. The zero-order valence-corrected chi connectivity index (χ0v) is 10.6. The number of hydrogen-bond donors (Lipinski definition) is 1. The van der Waals surface area contributed by atoms with Gasteiger partial charge < -0.3 is 10.6 Å². The van der Waals surface area contributed by atoms with Crippen molar-refractivity contribution in [3.05, 3.63) is 42.0 Å². The van der Waals surface area contributed by atoms with Gasteiger partial charge in [0.15, 0.2) is 0 Å². The Kier molecular flexibility index (Phi) is 3.64. The number of hydrogen-bond acceptors (Lipinski definition) is 2. The van der Waals surface area contributed by atoms with Crippen LogP contribution >= 0.6 is 0 Å². The number of nitrogens with two attached hydrogens (primary N) is 1. The van der Waals surface area contributed by atoms with Gasteiger partial charge in [-0.2, -0.15) is 0 Å². The third kappa shape index (κ3) is 2.42. The van der Waals surface area contributed by atoms with Crippen LogP contribution in [-0.4, -0.2) is 20.6 Å². The highest BCUT2D eigenvalue weighted by Crippen LogP contribution is 2.28. The van der Waals surface area contributed by atoms with Gasteiger partial charge in [0, 0.05) is 25.2 Å². The molecule has 0 aliphatic carbocycles. The molecular formula is C15H20N2. The standard InChI is InChI=1S/C15H20N2/c1-17(2)15-10-9-12(6-5-11-16)13-7-3-4-8-14(13)15/h3-4,7-10H,5-6,11,16H2,1-2H3. The molecule has 2 N–H and O–H groups in total. The van der Waals surface area contributed by atoms with Crippen molar-refractivity contribution in [1.82, 2.24) is 0 Å². The Morgan fingerprint density at radius 2 is 1.71 bits per heavy atom. The fourth-order valence-electron chi connectivity index (χ4n) is 2.25. The molecule has 0 aliphatic heterocycles. The Morgan fingerprint density at radius 3 is 2.35 bits per heavy atom. The van der Waals surface area contributed by atoms with E-state index in [1.807, 2.05) is 0 Å². The van der Waals surface area contributed by atoms with Crippen LogP contribution in [0.4, 0.5) is 5.69 Å². The van der Waals surface area contributed by atoms with E-state index in [0.29, 0.717) is 0 Å². The molecule has 2 heteroatoms. The smallest absolute Gasteiger partial charge is 0.0440 e. The molecule has 0 unspecified atom stereocenters. The van der Waals surface area contributed by atoms with Crippen molar-refractivity contribution in [2.75, 3.05) is 25.5 Å². The van der Waals surface area contributed by atoms with Crippen LogP contribution in [0.25, 0.3) is 10.8 Å². The second-order valence-electron chi connectivity index (χ2n) is 4.58. The number of anilines is 1. The molecule has 0 saturated carbocycles. The van der Waals surface area contributed by atoms with Crippen LogP contribution in [0.15, 0.2) is 36.4 Å². The molecule has 2 nitrogen and oxygen atoms in total. The first-order valence-electron chi connectivity index (χ1n) is 6.12. The van der Waals surface area contributed by atoms with Crippen molar-refractivity contribution in [3.8, 4) is 0 Å². The monoisotopic (exact) mass is 228 g/mol. The van der Waals surface area contributed by atoms with Gasteiger partial charge in [-0.25, -0.2) is 0 Å². The highest BCUT2D eigenvalue weighted by molar-refractivity contribution is 5.96. The van der Waals surface area contributed by atoms with Crippen molar-refractivity contribution in [2.24, 2.45) is 5.73 Å². The molecule has 0 radical (unpaired) electrons. The number of nitrogens with zero attached hydrogens (tertiary/aromatic N) is 1. The van der Waals surface area contributed by atoms with Gasteiger partial charge in [0.1, 0.15) is 0 Å². The van der Waals surface area contributed by atoms with Crippen LogP contribution in [0.1, 0.15) is 12.0 Å². The lowest BCUT2D eigenvalue weighted by molar-refractivity contribution is 0.837. The van der Waals surface area contributed by atoms with Gasteiger partial charge >= 0.3 is 0 Å². The van der Waals surface area contributed by atoms with Crippen LogP contribution < -0.4 is 10.6 Å². The van der Waals surface area contributed by atoms with Gasteiger partial charge in [0.25, 0.3) is 0 Å². The van der Waals surface area contributed by atoms with E-state index in [-0.39, 0.29) is 0 Å². The number of benzene rings is 2. The molecule has 0 aliphatic rings. The summed E-state index contributed by atoms with van der Waals surface area (Å²) in [5, 5.41) is 2.68. The molecule has 0 aromatic heterocycles. The van der Waals surface area contributed by atoms with Gasteiger partial charge in [0.05, 0.1) is 0 Å². The van der Waals surface area contributed by atoms with Gasteiger partial charge in [-0.1, -0.05) is 30.3 Å². The summed E-state index contributed by atoms with van der Waals surface area (Å²) in [5.74, 6) is 0. The molecule has 0 spiro atoms. The minimum Gasteiger partial charge on any atom is -0.377 e. The lowest BCUT2D eigenvalue weighted by atomic mass is 9.99. The molecule has 90 valence electrons. The zero-order chi connectivity index (χ0) is 12.3. The fourth-order valence-corrected chi connectivity index (χ4v) is 2.25. The number of aryl methyl sites for hydroxylation is 1. The summed E-state index contributed by atoms with van der Waals surface area (Å²) in [7, 11) is 4.17. The Morgan fingerprint density at radius 1 is 1.00 bits per heavy atom. The summed E-state index contributed by atoms with van der Waals surface area (Å²) in [5.41, 5.74) is 8.27. The van der Waals surface area contributed by atoms with Gasteiger partial charge in [0.2, 0.25) is 0 Å². The highest BCUT2D eigenvalue weighted by Gasteiger charge is 2.06. The molecule has 0 fully saturated rings. The molecule has 0 atom stereocenters. The second kappa shape index (κ2) is 5.19. The third-order valence-electron chi connectivity index (χ3n) is 3.12. The van der Waals surface area contributed by atoms with E-state index in [2.05, 4.69) is 55.4 Å². The zero-order valence-electron chi connectivity index (χ0n) is 10.6. The summed E-state index contributed by atoms with van der Waals surface area (Å²) in [6, 6.07) is 13.0. The molecule has 0 saturated heterocycles. The van der Waals surface area contributed by atoms with Crippen LogP contribution in [-0.2, 0) is 6.42 Å². The van der Waals surface area contributed by atoms with Crippen molar-refractivity contribution in [1.29, 1.82) is 0 Å². The lowest BCUT2D eigenvalue weighted by Gasteiger charge is -2.17. The van der Waals surface area contributed by atoms with E-state index < -0.39 is 0 Å². The first kappa shape index (κ1) is 11.9. The number of rotatable bonds is 4. The van der Waals surface area contributed by atoms with E-state index in [1.165, 1.54) is 22.0 Å². The molecule has 17 heavy (non-hydrogen) atoms. The second-order valence-corrected chi connectivity index (χ2v) is 4.58. The van der Waals surface area contributed by atoms with E-state index in [9.17, 15) is 0 Å². The number of fused-ring (bicyclic) bond motifs is 1. The van der Waals surface area contributed by atoms with Crippen LogP contribution in [0.3, 0.4) is 0 Å². The predicted octanol–water partition coefficient (Wildman–Crippen LogP) is 2.80. The van der Waals surface area contributed by atoms with Crippen molar-refractivity contribution in [3.63, 3.8) is 0 Å². The molecule has 2 aromatic rings. The summed E-state index contributed by atoms with van der Waals surface area (Å²) in [6.07, 6.45) is 2.11. The van der Waals surface area contributed by atoms with Crippen LogP contribution in [0, 0.1) is 0 Å². The van der Waals surface area contributed by atoms with Crippen molar-refractivity contribution in [2.45, 2.75) is 12.8 Å². The summed E-state index contributed by atoms with van der Waals surface area (Å²) in [4.78, 5) is 2.16. The van der Waals surface area contributed by atoms with Gasteiger partial charge in [-0.3, -0.25) is 0 Å². The van der Waals surface area contributed by atoms with E-state index >= 15 is 0 Å². The predicted molar refractivity (Wildman–Crippen MR) is 75.7 cm³/mol. The molecule has 0 bridgehead atoms. The Balaban J connectivity index is 2.54.